The fraction of sp³-hybridized carbons (Fsp3) is 1.00. The second kappa shape index (κ2) is 8.34. The third-order valence-electron chi connectivity index (χ3n) is 3.36. The van der Waals surface area contributed by atoms with E-state index in [0.29, 0.717) is 11.0 Å². The lowest BCUT2D eigenvalue weighted by molar-refractivity contribution is -0.0187. The first-order valence-electron chi connectivity index (χ1n) is 6.41. The van der Waals surface area contributed by atoms with E-state index in [0.717, 1.165) is 0 Å². The van der Waals surface area contributed by atoms with Crippen molar-refractivity contribution in [2.45, 2.75) is 36.7 Å². The smallest absolute Gasteiger partial charge is 0.133 e. The molecular formula is C11H25BrN4S2. The molecule has 2 atom stereocenters. The zero-order valence-corrected chi connectivity index (χ0v) is 14.8. The van der Waals surface area contributed by atoms with E-state index < -0.39 is 0 Å². The molecule has 0 amide bonds. The Bertz CT molecular complexity index is 237. The summed E-state index contributed by atoms with van der Waals surface area (Å²) < 4.78 is 0. The standard InChI is InChI=1S/C11H24N4S2.BrH/c1-13(2)10-12-11(17-16-10)14(3)15-8-6-4-5-7-9-15;/h10-12H,4-9H2,1-3H3;1H. The summed E-state index contributed by atoms with van der Waals surface area (Å²) in [5.74, 6) is 0. The minimum absolute atomic E-state index is 0. The quantitative estimate of drug-likeness (QED) is 0.778. The van der Waals surface area contributed by atoms with Crippen LogP contribution in [-0.4, -0.2) is 60.1 Å². The molecule has 2 heterocycles. The number of halogens is 1. The van der Waals surface area contributed by atoms with E-state index in [4.69, 9.17) is 0 Å². The molecule has 0 radical (unpaired) electrons. The van der Waals surface area contributed by atoms with Gasteiger partial charge in [0, 0.05) is 20.1 Å². The number of nitrogens with zero attached hydrogens (tertiary/aromatic N) is 3. The molecule has 0 bridgehead atoms. The first-order valence-corrected chi connectivity index (χ1v) is 8.68. The highest BCUT2D eigenvalue weighted by atomic mass is 79.9. The van der Waals surface area contributed by atoms with Crippen LogP contribution in [0.4, 0.5) is 0 Å². The van der Waals surface area contributed by atoms with Crippen LogP contribution in [0.1, 0.15) is 25.7 Å². The number of hydrogen-bond acceptors (Lipinski definition) is 6. The van der Waals surface area contributed by atoms with E-state index in [9.17, 15) is 0 Å². The average Bonchev–Trinajstić information content (AvgIpc) is 2.65. The highest BCUT2D eigenvalue weighted by Gasteiger charge is 2.32. The first-order chi connectivity index (χ1) is 8.18. The van der Waals surface area contributed by atoms with Crippen LogP contribution in [0.15, 0.2) is 0 Å². The van der Waals surface area contributed by atoms with Gasteiger partial charge in [-0.25, -0.2) is 10.0 Å². The molecule has 7 heteroatoms. The van der Waals surface area contributed by atoms with Gasteiger partial charge in [-0.3, -0.25) is 10.2 Å². The Balaban J connectivity index is 0.00000162. The van der Waals surface area contributed by atoms with Gasteiger partial charge in [-0.1, -0.05) is 34.4 Å². The Morgan fingerprint density at radius 2 is 1.50 bits per heavy atom. The van der Waals surface area contributed by atoms with Gasteiger partial charge in [0.25, 0.3) is 0 Å². The normalized spacial score (nSPS) is 30.5. The molecule has 2 unspecified atom stereocenters. The van der Waals surface area contributed by atoms with Crippen LogP contribution >= 0.6 is 38.6 Å². The molecular weight excluding hydrogens is 332 g/mol. The number of hydrogen-bond donors (Lipinski definition) is 1. The van der Waals surface area contributed by atoms with Gasteiger partial charge in [0.05, 0.1) is 0 Å². The zero-order valence-electron chi connectivity index (χ0n) is 11.5. The lowest BCUT2D eigenvalue weighted by atomic mass is 10.2. The van der Waals surface area contributed by atoms with Crippen molar-refractivity contribution in [1.82, 2.24) is 20.2 Å². The van der Waals surface area contributed by atoms with E-state index in [1.54, 1.807) is 0 Å². The minimum Gasteiger partial charge on any atom is -0.285 e. The summed E-state index contributed by atoms with van der Waals surface area (Å²) in [5, 5.41) is 8.55. The van der Waals surface area contributed by atoms with Gasteiger partial charge in [-0.15, -0.1) is 17.0 Å². The van der Waals surface area contributed by atoms with Crippen LogP contribution < -0.4 is 5.32 Å². The predicted octanol–water partition coefficient (Wildman–Crippen LogP) is 2.40. The van der Waals surface area contributed by atoms with E-state index in [2.05, 4.69) is 41.4 Å². The molecule has 2 rings (SSSR count). The Morgan fingerprint density at radius 1 is 0.944 bits per heavy atom. The van der Waals surface area contributed by atoms with Crippen molar-refractivity contribution in [1.29, 1.82) is 0 Å². The molecule has 2 fully saturated rings. The summed E-state index contributed by atoms with van der Waals surface area (Å²) in [6, 6.07) is 0. The van der Waals surface area contributed by atoms with Crippen LogP contribution in [0, 0.1) is 0 Å². The first kappa shape index (κ1) is 17.1. The monoisotopic (exact) mass is 356 g/mol. The highest BCUT2D eigenvalue weighted by molar-refractivity contribution is 8.93. The summed E-state index contributed by atoms with van der Waals surface area (Å²) in [6.07, 6.45) is 5.47. The van der Waals surface area contributed by atoms with Crippen molar-refractivity contribution in [2.24, 2.45) is 0 Å². The van der Waals surface area contributed by atoms with E-state index >= 15 is 0 Å². The second-order valence-electron chi connectivity index (χ2n) is 4.97. The van der Waals surface area contributed by atoms with Gasteiger partial charge in [-0.05, 0) is 26.9 Å². The number of nitrogens with one attached hydrogen (secondary N) is 1. The SMILES string of the molecule is Br.CN(C)C1NC(N(C)N2CCCCCC2)SS1. The summed E-state index contributed by atoms with van der Waals surface area (Å²) >= 11 is 0. The van der Waals surface area contributed by atoms with Crippen LogP contribution in [0.25, 0.3) is 0 Å². The van der Waals surface area contributed by atoms with Gasteiger partial charge in [-0.2, -0.15) is 0 Å². The molecule has 1 N–H and O–H groups in total. The van der Waals surface area contributed by atoms with Crippen LogP contribution in [0.2, 0.25) is 0 Å². The van der Waals surface area contributed by atoms with Crippen molar-refractivity contribution in [3.05, 3.63) is 0 Å². The maximum atomic E-state index is 3.64. The van der Waals surface area contributed by atoms with Gasteiger partial charge in [0.1, 0.15) is 11.0 Å². The lowest BCUT2D eigenvalue weighted by Crippen LogP contribution is -2.52. The Morgan fingerprint density at radius 3 is 2.00 bits per heavy atom. The van der Waals surface area contributed by atoms with E-state index in [1.165, 1.54) is 38.8 Å². The molecule has 0 aliphatic carbocycles. The maximum Gasteiger partial charge on any atom is 0.133 e. The molecule has 2 saturated heterocycles. The molecule has 0 spiro atoms. The lowest BCUT2D eigenvalue weighted by Gasteiger charge is -2.35. The van der Waals surface area contributed by atoms with Crippen LogP contribution in [0.5, 0.6) is 0 Å². The van der Waals surface area contributed by atoms with Gasteiger partial charge in [0.2, 0.25) is 0 Å². The molecule has 18 heavy (non-hydrogen) atoms. The molecule has 4 nitrogen and oxygen atoms in total. The molecule has 0 saturated carbocycles. The molecule has 0 aromatic rings. The summed E-state index contributed by atoms with van der Waals surface area (Å²) in [5.41, 5.74) is 0.838. The van der Waals surface area contributed by atoms with E-state index in [-0.39, 0.29) is 17.0 Å². The van der Waals surface area contributed by atoms with Crippen molar-refractivity contribution in [3.63, 3.8) is 0 Å². The van der Waals surface area contributed by atoms with Gasteiger partial charge >= 0.3 is 0 Å². The molecule has 0 aromatic carbocycles. The molecule has 0 aromatic heterocycles. The second-order valence-corrected chi connectivity index (χ2v) is 7.40. The fourth-order valence-electron chi connectivity index (χ4n) is 2.21. The van der Waals surface area contributed by atoms with Crippen molar-refractivity contribution < 1.29 is 0 Å². The average molecular weight is 357 g/mol. The van der Waals surface area contributed by atoms with Crippen molar-refractivity contribution in [2.75, 3.05) is 34.2 Å². The Labute approximate surface area is 129 Å². The minimum atomic E-state index is 0. The third-order valence-corrected chi connectivity index (χ3v) is 6.26. The molecule has 2 aliphatic heterocycles. The largest absolute Gasteiger partial charge is 0.285 e. The number of rotatable bonds is 3. The Kier molecular flexibility index (Phi) is 7.91. The van der Waals surface area contributed by atoms with Crippen LogP contribution in [0.3, 0.4) is 0 Å². The van der Waals surface area contributed by atoms with Crippen molar-refractivity contribution in [3.8, 4) is 0 Å². The maximum absolute atomic E-state index is 3.64. The zero-order chi connectivity index (χ0) is 12.3. The van der Waals surface area contributed by atoms with Crippen LogP contribution in [-0.2, 0) is 0 Å². The van der Waals surface area contributed by atoms with Gasteiger partial charge in [0.15, 0.2) is 0 Å². The topological polar surface area (TPSA) is 21.8 Å². The summed E-state index contributed by atoms with van der Waals surface area (Å²) in [7, 11) is 10.3. The molecule has 2 aliphatic rings. The summed E-state index contributed by atoms with van der Waals surface area (Å²) in [4.78, 5) is 2.23. The van der Waals surface area contributed by atoms with Crippen molar-refractivity contribution >= 4 is 38.6 Å². The van der Waals surface area contributed by atoms with Gasteiger partial charge < -0.3 is 0 Å². The predicted molar refractivity (Wildman–Crippen MR) is 87.7 cm³/mol. The highest BCUT2D eigenvalue weighted by Crippen LogP contribution is 2.38. The Hall–Kier alpha value is 1.02. The summed E-state index contributed by atoms with van der Waals surface area (Å²) in [6.45, 7) is 2.43. The van der Waals surface area contributed by atoms with E-state index in [1.807, 2.05) is 21.6 Å². The molecule has 108 valence electrons. The third kappa shape index (κ3) is 4.54. The number of hydrazine groups is 1. The fourth-order valence-corrected chi connectivity index (χ4v) is 5.16.